The summed E-state index contributed by atoms with van der Waals surface area (Å²) < 4.78 is 5.33. The van der Waals surface area contributed by atoms with Crippen LogP contribution in [0.15, 0.2) is 12.2 Å². The summed E-state index contributed by atoms with van der Waals surface area (Å²) in [4.78, 5) is 46.6. The molecule has 8 heteroatoms. The van der Waals surface area contributed by atoms with Gasteiger partial charge in [0.2, 0.25) is 5.91 Å². The zero-order chi connectivity index (χ0) is 21.9. The predicted octanol–water partition coefficient (Wildman–Crippen LogP) is 2.67. The molecule has 0 aromatic heterocycles. The molecule has 0 aromatic carbocycles. The van der Waals surface area contributed by atoms with E-state index in [1.54, 1.807) is 0 Å². The molecule has 8 nitrogen and oxygen atoms in total. The van der Waals surface area contributed by atoms with Crippen LogP contribution in [-0.4, -0.2) is 48.6 Å². The normalized spacial score (nSPS) is 24.9. The number of hydrogen-bond donors (Lipinski definition) is 3. The molecule has 0 heterocycles. The average Bonchev–Trinajstić information content (AvgIpc) is 3.20. The van der Waals surface area contributed by atoms with Crippen LogP contribution in [-0.2, 0) is 19.1 Å². The van der Waals surface area contributed by atoms with Crippen molar-refractivity contribution in [3.8, 4) is 0 Å². The second-order valence-electron chi connectivity index (χ2n) is 8.17. The van der Waals surface area contributed by atoms with E-state index in [4.69, 9.17) is 9.84 Å². The Kier molecular flexibility index (Phi) is 9.83. The molecule has 2 aliphatic carbocycles. The molecule has 0 aromatic rings. The summed E-state index contributed by atoms with van der Waals surface area (Å²) in [6.45, 7) is 2.67. The highest BCUT2D eigenvalue weighted by molar-refractivity contribution is 5.88. The number of ketones is 1. The van der Waals surface area contributed by atoms with E-state index in [1.165, 1.54) is 0 Å². The van der Waals surface area contributed by atoms with E-state index in [2.05, 4.69) is 10.6 Å². The number of alkyl carbamates (subject to hydrolysis) is 1. The number of Topliss-reactive ketones (excluding diaryl/α,β-unsaturated/α-hetero) is 1. The van der Waals surface area contributed by atoms with Gasteiger partial charge in [-0.1, -0.05) is 25.5 Å². The minimum absolute atomic E-state index is 0.00375. The summed E-state index contributed by atoms with van der Waals surface area (Å²) in [5.74, 6) is -0.632. The zero-order valence-corrected chi connectivity index (χ0v) is 17.7. The molecular formula is C22H34N2O6. The van der Waals surface area contributed by atoms with E-state index in [-0.39, 0.29) is 54.9 Å². The fourth-order valence-corrected chi connectivity index (χ4v) is 4.53. The minimum Gasteiger partial charge on any atom is -0.481 e. The van der Waals surface area contributed by atoms with Crippen LogP contribution >= 0.6 is 0 Å². The van der Waals surface area contributed by atoms with Gasteiger partial charge in [0.05, 0.1) is 13.2 Å². The molecule has 30 heavy (non-hydrogen) atoms. The van der Waals surface area contributed by atoms with Crippen LogP contribution in [0.5, 0.6) is 0 Å². The predicted molar refractivity (Wildman–Crippen MR) is 111 cm³/mol. The largest absolute Gasteiger partial charge is 0.481 e. The Balaban J connectivity index is 1.75. The number of carbonyl (C=O) groups excluding carboxylic acids is 3. The number of rotatable bonds is 13. The Morgan fingerprint density at radius 1 is 1.10 bits per heavy atom. The SMILES string of the molecule is CCCCNC(=O)CNC(=O)OC[C@H]1[C@@H](CC=CCCCC(=O)O)[C@H]2CC[C@@H]1C2=O. The summed E-state index contributed by atoms with van der Waals surface area (Å²) in [7, 11) is 0. The molecule has 0 spiro atoms. The van der Waals surface area contributed by atoms with E-state index in [1.807, 2.05) is 19.1 Å². The maximum absolute atomic E-state index is 12.5. The third-order valence-corrected chi connectivity index (χ3v) is 6.09. The zero-order valence-electron chi connectivity index (χ0n) is 17.7. The fraction of sp³-hybridized carbons (Fsp3) is 0.727. The number of amides is 2. The van der Waals surface area contributed by atoms with Gasteiger partial charge in [-0.2, -0.15) is 0 Å². The number of aliphatic carboxylic acids is 1. The van der Waals surface area contributed by atoms with Gasteiger partial charge in [0.25, 0.3) is 0 Å². The Labute approximate surface area is 177 Å². The number of hydrogen-bond acceptors (Lipinski definition) is 5. The third kappa shape index (κ3) is 7.15. The number of carbonyl (C=O) groups is 4. The first-order chi connectivity index (χ1) is 14.4. The number of allylic oxidation sites excluding steroid dienone is 2. The Bertz CT molecular complexity index is 648. The van der Waals surface area contributed by atoms with Crippen LogP contribution in [0.25, 0.3) is 0 Å². The van der Waals surface area contributed by atoms with Gasteiger partial charge in [0, 0.05) is 30.7 Å². The van der Waals surface area contributed by atoms with Gasteiger partial charge < -0.3 is 20.5 Å². The quantitative estimate of drug-likeness (QED) is 0.310. The fourth-order valence-electron chi connectivity index (χ4n) is 4.53. The van der Waals surface area contributed by atoms with Crippen molar-refractivity contribution in [3.05, 3.63) is 12.2 Å². The first-order valence-corrected chi connectivity index (χ1v) is 11.0. The number of carboxylic acid groups (broad SMARTS) is 1. The van der Waals surface area contributed by atoms with E-state index in [0.29, 0.717) is 19.4 Å². The van der Waals surface area contributed by atoms with Crippen LogP contribution in [0.4, 0.5) is 4.79 Å². The van der Waals surface area contributed by atoms with Gasteiger partial charge in [-0.05, 0) is 44.4 Å². The Morgan fingerprint density at radius 2 is 1.83 bits per heavy atom. The standard InChI is InChI=1S/C22H34N2O6/c1-2-3-12-23-19(25)13-24-22(29)30-14-18-15(16-10-11-17(18)21(16)28)8-6-4-5-7-9-20(26)27/h4,6,15-18H,2-3,5,7-14H2,1H3,(H,23,25)(H,24,29)(H,26,27)/t15-,16+,17-,18-/m0/s1. The number of carboxylic acids is 1. The second-order valence-corrected chi connectivity index (χ2v) is 8.17. The van der Waals surface area contributed by atoms with Crippen molar-refractivity contribution in [2.75, 3.05) is 19.7 Å². The van der Waals surface area contributed by atoms with E-state index in [0.717, 1.165) is 32.1 Å². The molecule has 2 fully saturated rings. The molecule has 3 N–H and O–H groups in total. The van der Waals surface area contributed by atoms with Crippen LogP contribution in [0.3, 0.4) is 0 Å². The van der Waals surface area contributed by atoms with Gasteiger partial charge in [0.15, 0.2) is 0 Å². The Hall–Kier alpha value is -2.38. The third-order valence-electron chi connectivity index (χ3n) is 6.09. The first-order valence-electron chi connectivity index (χ1n) is 11.0. The van der Waals surface area contributed by atoms with Crippen molar-refractivity contribution in [2.24, 2.45) is 23.7 Å². The number of unbranched alkanes of at least 4 members (excludes halogenated alkanes) is 2. The molecule has 0 saturated heterocycles. The maximum Gasteiger partial charge on any atom is 0.407 e. The van der Waals surface area contributed by atoms with Crippen LogP contribution in [0.1, 0.15) is 58.3 Å². The van der Waals surface area contributed by atoms with Gasteiger partial charge in [-0.3, -0.25) is 14.4 Å². The molecule has 2 rings (SSSR count). The summed E-state index contributed by atoms with van der Waals surface area (Å²) in [5.41, 5.74) is 0. The van der Waals surface area contributed by atoms with Crippen LogP contribution < -0.4 is 10.6 Å². The molecule has 4 atom stereocenters. The number of nitrogens with one attached hydrogen (secondary N) is 2. The van der Waals surface area contributed by atoms with Crippen LogP contribution in [0, 0.1) is 23.7 Å². The Morgan fingerprint density at radius 3 is 2.53 bits per heavy atom. The maximum atomic E-state index is 12.5. The molecule has 0 aliphatic heterocycles. The highest BCUT2D eigenvalue weighted by Crippen LogP contribution is 2.51. The van der Waals surface area contributed by atoms with E-state index in [9.17, 15) is 19.2 Å². The summed E-state index contributed by atoms with van der Waals surface area (Å²) in [6, 6.07) is 0. The van der Waals surface area contributed by atoms with Crippen molar-refractivity contribution in [2.45, 2.75) is 58.3 Å². The molecular weight excluding hydrogens is 388 g/mol. The molecule has 2 saturated carbocycles. The van der Waals surface area contributed by atoms with Crippen molar-refractivity contribution >= 4 is 23.8 Å². The highest BCUT2D eigenvalue weighted by Gasteiger charge is 2.53. The van der Waals surface area contributed by atoms with Gasteiger partial charge in [-0.25, -0.2) is 4.79 Å². The lowest BCUT2D eigenvalue weighted by Crippen LogP contribution is -2.38. The lowest BCUT2D eigenvalue weighted by Gasteiger charge is -2.28. The van der Waals surface area contributed by atoms with Gasteiger partial charge in [-0.15, -0.1) is 0 Å². The molecule has 2 bridgehead atoms. The van der Waals surface area contributed by atoms with Crippen molar-refractivity contribution in [1.82, 2.24) is 10.6 Å². The lowest BCUT2D eigenvalue weighted by molar-refractivity contribution is -0.137. The highest BCUT2D eigenvalue weighted by atomic mass is 16.5. The smallest absolute Gasteiger partial charge is 0.407 e. The molecule has 168 valence electrons. The average molecular weight is 423 g/mol. The van der Waals surface area contributed by atoms with Gasteiger partial charge >= 0.3 is 12.1 Å². The van der Waals surface area contributed by atoms with Gasteiger partial charge in [0.1, 0.15) is 5.78 Å². The summed E-state index contributed by atoms with van der Waals surface area (Å²) in [6.07, 6.45) is 9.15. The minimum atomic E-state index is -0.795. The van der Waals surface area contributed by atoms with Crippen molar-refractivity contribution in [1.29, 1.82) is 0 Å². The van der Waals surface area contributed by atoms with Crippen molar-refractivity contribution < 1.29 is 29.0 Å². The van der Waals surface area contributed by atoms with Crippen LogP contribution in [0.2, 0.25) is 0 Å². The monoisotopic (exact) mass is 422 g/mol. The van der Waals surface area contributed by atoms with E-state index < -0.39 is 12.1 Å². The number of fused-ring (bicyclic) bond motifs is 2. The second kappa shape index (κ2) is 12.3. The number of ether oxygens (including phenoxy) is 1. The summed E-state index contributed by atoms with van der Waals surface area (Å²) >= 11 is 0. The topological polar surface area (TPSA) is 122 Å². The first kappa shape index (κ1) is 23.9. The molecule has 0 radical (unpaired) electrons. The van der Waals surface area contributed by atoms with E-state index >= 15 is 0 Å². The molecule has 2 amide bonds. The lowest BCUT2D eigenvalue weighted by atomic mass is 9.78. The molecule has 0 unspecified atom stereocenters. The molecule has 2 aliphatic rings. The summed E-state index contributed by atoms with van der Waals surface area (Å²) in [5, 5.41) is 13.8. The van der Waals surface area contributed by atoms with Crippen molar-refractivity contribution in [3.63, 3.8) is 0 Å².